The molecule has 1 aromatic heterocycles. The first-order valence-corrected chi connectivity index (χ1v) is 5.67. The van der Waals surface area contributed by atoms with Crippen LogP contribution in [-0.2, 0) is 11.8 Å². The molecule has 0 aliphatic carbocycles. The van der Waals surface area contributed by atoms with Crippen molar-refractivity contribution in [2.75, 3.05) is 6.54 Å². The third-order valence-corrected chi connectivity index (χ3v) is 2.57. The number of amides is 1. The Morgan fingerprint density at radius 3 is 2.33 bits per heavy atom. The number of carbonyl (C=O) groups excluding carboxylic acids is 1. The first-order valence-electron chi connectivity index (χ1n) is 5.67. The highest BCUT2D eigenvalue weighted by Crippen LogP contribution is 2.17. The fraction of sp³-hybridized carbons (Fsp3) is 0.583. The molecule has 100 valence electrons. The summed E-state index contributed by atoms with van der Waals surface area (Å²) in [6, 6.07) is 1.66. The van der Waals surface area contributed by atoms with Crippen LogP contribution >= 0.6 is 0 Å². The van der Waals surface area contributed by atoms with Crippen molar-refractivity contribution >= 4 is 11.9 Å². The molecular formula is C12H19N3O3. The molecule has 0 spiro atoms. The quantitative estimate of drug-likeness (QED) is 0.873. The van der Waals surface area contributed by atoms with Crippen LogP contribution in [0.1, 0.15) is 37.0 Å². The van der Waals surface area contributed by atoms with Crippen molar-refractivity contribution in [2.24, 2.45) is 7.05 Å². The molecule has 0 bridgehead atoms. The second-order valence-corrected chi connectivity index (χ2v) is 5.25. The lowest BCUT2D eigenvalue weighted by Gasteiger charge is -2.34. The third-order valence-electron chi connectivity index (χ3n) is 2.57. The number of nitrogens with zero attached hydrogens (tertiary/aromatic N) is 3. The summed E-state index contributed by atoms with van der Waals surface area (Å²) in [5.41, 5.74) is 0.557. The summed E-state index contributed by atoms with van der Waals surface area (Å²) in [6.45, 7) is 6.87. The molecule has 0 unspecified atom stereocenters. The molecule has 1 N–H and O–H groups in total. The van der Waals surface area contributed by atoms with Crippen LogP contribution in [0.4, 0.5) is 0 Å². The van der Waals surface area contributed by atoms with Gasteiger partial charge in [0.15, 0.2) is 0 Å². The Bertz CT molecular complexity index is 471. The van der Waals surface area contributed by atoms with Gasteiger partial charge in [-0.05, 0) is 33.8 Å². The van der Waals surface area contributed by atoms with Crippen molar-refractivity contribution in [3.8, 4) is 0 Å². The average Bonchev–Trinajstić information content (AvgIpc) is 2.51. The van der Waals surface area contributed by atoms with E-state index in [9.17, 15) is 9.59 Å². The van der Waals surface area contributed by atoms with Crippen LogP contribution in [-0.4, -0.2) is 43.7 Å². The number of hydrogen-bond donors (Lipinski definition) is 1. The van der Waals surface area contributed by atoms with Crippen LogP contribution in [0, 0.1) is 6.92 Å². The molecule has 0 fully saturated rings. The predicted octanol–water partition coefficient (Wildman–Crippen LogP) is 1.05. The summed E-state index contributed by atoms with van der Waals surface area (Å²) >= 11 is 0. The summed E-state index contributed by atoms with van der Waals surface area (Å²) in [6.07, 6.45) is 0. The van der Waals surface area contributed by atoms with E-state index in [1.165, 1.54) is 9.58 Å². The molecule has 0 atom stereocenters. The molecule has 0 radical (unpaired) electrons. The van der Waals surface area contributed by atoms with E-state index in [-0.39, 0.29) is 12.5 Å². The minimum atomic E-state index is -1.03. The van der Waals surface area contributed by atoms with Crippen molar-refractivity contribution in [1.82, 2.24) is 14.7 Å². The van der Waals surface area contributed by atoms with Gasteiger partial charge in [0.25, 0.3) is 5.91 Å². The van der Waals surface area contributed by atoms with Gasteiger partial charge in [0.2, 0.25) is 0 Å². The van der Waals surface area contributed by atoms with Crippen molar-refractivity contribution in [3.05, 3.63) is 17.5 Å². The Morgan fingerprint density at radius 1 is 1.44 bits per heavy atom. The molecule has 1 amide bonds. The van der Waals surface area contributed by atoms with Crippen LogP contribution in [0.5, 0.6) is 0 Å². The standard InChI is InChI=1S/C12H19N3O3/c1-8-6-9(14(5)13-8)11(18)15(7-10(16)17)12(2,3)4/h6H,7H2,1-5H3,(H,16,17). The fourth-order valence-corrected chi connectivity index (χ4v) is 1.70. The Labute approximate surface area is 106 Å². The van der Waals surface area contributed by atoms with E-state index in [1.807, 2.05) is 0 Å². The van der Waals surface area contributed by atoms with Crippen LogP contribution in [0.2, 0.25) is 0 Å². The Balaban J connectivity index is 3.10. The van der Waals surface area contributed by atoms with E-state index in [2.05, 4.69) is 5.10 Å². The van der Waals surface area contributed by atoms with Gasteiger partial charge in [0.1, 0.15) is 12.2 Å². The van der Waals surface area contributed by atoms with E-state index < -0.39 is 11.5 Å². The zero-order chi connectivity index (χ0) is 14.1. The van der Waals surface area contributed by atoms with Gasteiger partial charge < -0.3 is 10.0 Å². The fourth-order valence-electron chi connectivity index (χ4n) is 1.70. The number of carbonyl (C=O) groups is 2. The van der Waals surface area contributed by atoms with Crippen molar-refractivity contribution < 1.29 is 14.7 Å². The van der Waals surface area contributed by atoms with Gasteiger partial charge in [-0.1, -0.05) is 0 Å². The highest BCUT2D eigenvalue weighted by atomic mass is 16.4. The predicted molar refractivity (Wildman–Crippen MR) is 66.4 cm³/mol. The SMILES string of the molecule is Cc1cc(C(=O)N(CC(=O)O)C(C)(C)C)n(C)n1. The van der Waals surface area contributed by atoms with Gasteiger partial charge in [-0.15, -0.1) is 0 Å². The summed E-state index contributed by atoms with van der Waals surface area (Å²) in [7, 11) is 1.67. The normalized spacial score (nSPS) is 11.4. The second kappa shape index (κ2) is 4.80. The van der Waals surface area contributed by atoms with E-state index in [0.717, 1.165) is 5.69 Å². The second-order valence-electron chi connectivity index (χ2n) is 5.25. The Kier molecular flexibility index (Phi) is 3.79. The maximum atomic E-state index is 12.4. The van der Waals surface area contributed by atoms with Crippen LogP contribution in [0.15, 0.2) is 6.07 Å². The lowest BCUT2D eigenvalue weighted by molar-refractivity contribution is -0.138. The van der Waals surface area contributed by atoms with Gasteiger partial charge in [-0.2, -0.15) is 5.10 Å². The molecule has 1 rings (SSSR count). The lowest BCUT2D eigenvalue weighted by Crippen LogP contribution is -2.48. The van der Waals surface area contributed by atoms with Gasteiger partial charge in [0.05, 0.1) is 5.69 Å². The maximum absolute atomic E-state index is 12.4. The van der Waals surface area contributed by atoms with Gasteiger partial charge in [-0.3, -0.25) is 14.3 Å². The van der Waals surface area contributed by atoms with Crippen LogP contribution in [0.3, 0.4) is 0 Å². The molecule has 0 aliphatic rings. The molecule has 1 aromatic rings. The number of rotatable bonds is 3. The number of carboxylic acids is 1. The number of aryl methyl sites for hydroxylation is 2. The van der Waals surface area contributed by atoms with E-state index in [4.69, 9.17) is 5.11 Å². The van der Waals surface area contributed by atoms with Crippen molar-refractivity contribution in [2.45, 2.75) is 33.2 Å². The Hall–Kier alpha value is -1.85. The number of aromatic nitrogens is 2. The van der Waals surface area contributed by atoms with Crippen molar-refractivity contribution in [1.29, 1.82) is 0 Å². The highest BCUT2D eigenvalue weighted by Gasteiger charge is 2.30. The van der Waals surface area contributed by atoms with Crippen LogP contribution < -0.4 is 0 Å². The number of aliphatic carboxylic acids is 1. The first kappa shape index (κ1) is 14.2. The minimum absolute atomic E-state index is 0.326. The zero-order valence-electron chi connectivity index (χ0n) is 11.4. The summed E-state index contributed by atoms with van der Waals surface area (Å²) in [5, 5.41) is 13.0. The largest absolute Gasteiger partial charge is 0.480 e. The minimum Gasteiger partial charge on any atom is -0.480 e. The molecule has 1 heterocycles. The Morgan fingerprint density at radius 2 is 2.00 bits per heavy atom. The molecule has 0 aromatic carbocycles. The number of hydrogen-bond acceptors (Lipinski definition) is 3. The van der Waals surface area contributed by atoms with E-state index in [0.29, 0.717) is 5.69 Å². The highest BCUT2D eigenvalue weighted by molar-refractivity contribution is 5.95. The molecule has 6 heteroatoms. The summed E-state index contributed by atoms with van der Waals surface area (Å²) in [5.74, 6) is -1.36. The van der Waals surface area contributed by atoms with E-state index >= 15 is 0 Å². The van der Waals surface area contributed by atoms with Gasteiger partial charge in [-0.25, -0.2) is 0 Å². The maximum Gasteiger partial charge on any atom is 0.323 e. The van der Waals surface area contributed by atoms with Crippen LogP contribution in [0.25, 0.3) is 0 Å². The topological polar surface area (TPSA) is 75.4 Å². The third kappa shape index (κ3) is 3.09. The monoisotopic (exact) mass is 253 g/mol. The molecule has 0 saturated heterocycles. The smallest absolute Gasteiger partial charge is 0.323 e. The summed E-state index contributed by atoms with van der Waals surface area (Å²) in [4.78, 5) is 24.6. The average molecular weight is 253 g/mol. The van der Waals surface area contributed by atoms with Gasteiger partial charge in [0, 0.05) is 12.6 Å². The van der Waals surface area contributed by atoms with E-state index in [1.54, 1.807) is 40.8 Å². The van der Waals surface area contributed by atoms with Gasteiger partial charge >= 0.3 is 5.97 Å². The zero-order valence-corrected chi connectivity index (χ0v) is 11.4. The molecular weight excluding hydrogens is 234 g/mol. The molecule has 0 aliphatic heterocycles. The molecule has 6 nitrogen and oxygen atoms in total. The number of carboxylic acid groups (broad SMARTS) is 1. The lowest BCUT2D eigenvalue weighted by atomic mass is 10.1. The van der Waals surface area contributed by atoms with Crippen molar-refractivity contribution in [3.63, 3.8) is 0 Å². The summed E-state index contributed by atoms with van der Waals surface area (Å²) < 4.78 is 1.47. The first-order chi connectivity index (χ1) is 8.12. The molecule has 18 heavy (non-hydrogen) atoms. The molecule has 0 saturated carbocycles.